The molecule has 0 saturated carbocycles. The largest absolute Gasteiger partial charge is 0.503 e. The van der Waals surface area contributed by atoms with Gasteiger partial charge in [-0.2, -0.15) is 10.1 Å². The number of nitrogens with zero attached hydrogens (tertiary/aromatic N) is 5. The van der Waals surface area contributed by atoms with Gasteiger partial charge in [0.2, 0.25) is 0 Å². The standard InChI is InChI=1S/C18H14Br2N6O2/c1-26-13-4-3-10(19)7-11(13)15-17(26)22-18(25-23-15)24-21-8-9-5-12(20)16(27)14(6-9)28-2/h3-8,27H,1-2H3,(H,22,24,25)/b21-8+. The summed E-state index contributed by atoms with van der Waals surface area (Å²) in [5.74, 6) is 0.656. The molecule has 0 aliphatic carbocycles. The van der Waals surface area contributed by atoms with Crippen LogP contribution in [0.15, 0.2) is 44.4 Å². The van der Waals surface area contributed by atoms with Crippen LogP contribution in [0.25, 0.3) is 22.1 Å². The van der Waals surface area contributed by atoms with Crippen LogP contribution in [0.5, 0.6) is 11.5 Å². The Hall–Kier alpha value is -2.72. The summed E-state index contributed by atoms with van der Waals surface area (Å²) in [5, 5.41) is 23.4. The fourth-order valence-corrected chi connectivity index (χ4v) is 3.69. The highest BCUT2D eigenvalue weighted by molar-refractivity contribution is 9.10. The van der Waals surface area contributed by atoms with Crippen LogP contribution in [0.3, 0.4) is 0 Å². The van der Waals surface area contributed by atoms with Crippen molar-refractivity contribution < 1.29 is 9.84 Å². The number of hydrogen-bond donors (Lipinski definition) is 2. The number of hydrogen-bond acceptors (Lipinski definition) is 7. The van der Waals surface area contributed by atoms with Gasteiger partial charge in [0.1, 0.15) is 5.52 Å². The molecular weight excluding hydrogens is 492 g/mol. The zero-order valence-electron chi connectivity index (χ0n) is 14.8. The van der Waals surface area contributed by atoms with E-state index in [0.717, 1.165) is 26.5 Å². The van der Waals surface area contributed by atoms with Crippen molar-refractivity contribution in [1.29, 1.82) is 0 Å². The van der Waals surface area contributed by atoms with Crippen molar-refractivity contribution in [2.75, 3.05) is 12.5 Å². The quantitative estimate of drug-likeness (QED) is 0.318. The lowest BCUT2D eigenvalue weighted by atomic mass is 10.2. The summed E-state index contributed by atoms with van der Waals surface area (Å²) in [5.41, 5.74) is 5.94. The van der Waals surface area contributed by atoms with Crippen molar-refractivity contribution in [2.45, 2.75) is 0 Å². The van der Waals surface area contributed by atoms with Crippen molar-refractivity contribution in [3.05, 3.63) is 44.8 Å². The van der Waals surface area contributed by atoms with Crippen LogP contribution in [0.4, 0.5) is 5.95 Å². The first kappa shape index (κ1) is 18.6. The van der Waals surface area contributed by atoms with Crippen LogP contribution >= 0.6 is 31.9 Å². The topological polar surface area (TPSA) is 97.5 Å². The lowest BCUT2D eigenvalue weighted by Crippen LogP contribution is -2.01. The first-order valence-electron chi connectivity index (χ1n) is 8.12. The predicted molar refractivity (Wildman–Crippen MR) is 115 cm³/mol. The average molecular weight is 506 g/mol. The number of nitrogens with one attached hydrogen (secondary N) is 1. The molecule has 4 aromatic rings. The number of aromatic nitrogens is 4. The molecule has 10 heteroatoms. The molecule has 28 heavy (non-hydrogen) atoms. The van der Waals surface area contributed by atoms with Gasteiger partial charge in [0.25, 0.3) is 5.95 Å². The molecule has 0 fully saturated rings. The van der Waals surface area contributed by atoms with E-state index in [2.05, 4.69) is 57.6 Å². The Morgan fingerprint density at radius 1 is 1.21 bits per heavy atom. The van der Waals surface area contributed by atoms with Gasteiger partial charge in [0, 0.05) is 16.9 Å². The predicted octanol–water partition coefficient (Wildman–Crippen LogP) is 4.20. The number of benzene rings is 2. The number of methoxy groups -OCH3 is 1. The normalized spacial score (nSPS) is 11.6. The first-order chi connectivity index (χ1) is 13.5. The van der Waals surface area contributed by atoms with E-state index in [-0.39, 0.29) is 11.7 Å². The molecule has 2 aromatic heterocycles. The number of aromatic hydroxyl groups is 1. The maximum Gasteiger partial charge on any atom is 0.265 e. The third-order valence-electron chi connectivity index (χ3n) is 4.21. The molecule has 0 saturated heterocycles. The molecule has 0 unspecified atom stereocenters. The summed E-state index contributed by atoms with van der Waals surface area (Å²) in [6.45, 7) is 0. The summed E-state index contributed by atoms with van der Waals surface area (Å²) in [7, 11) is 3.41. The van der Waals surface area contributed by atoms with Gasteiger partial charge < -0.3 is 14.4 Å². The van der Waals surface area contributed by atoms with Crippen molar-refractivity contribution in [3.8, 4) is 11.5 Å². The number of aryl methyl sites for hydroxylation is 1. The monoisotopic (exact) mass is 504 g/mol. The molecule has 2 aromatic carbocycles. The Balaban J connectivity index is 1.64. The van der Waals surface area contributed by atoms with E-state index in [0.29, 0.717) is 15.9 Å². The number of hydrazone groups is 1. The van der Waals surface area contributed by atoms with Gasteiger partial charge in [-0.1, -0.05) is 15.9 Å². The second-order valence-electron chi connectivity index (χ2n) is 5.95. The van der Waals surface area contributed by atoms with Gasteiger partial charge >= 0.3 is 0 Å². The lowest BCUT2D eigenvalue weighted by Gasteiger charge is -2.06. The fraction of sp³-hybridized carbons (Fsp3) is 0.111. The van der Waals surface area contributed by atoms with Crippen molar-refractivity contribution in [2.24, 2.45) is 12.1 Å². The number of phenolic OH excluding ortho intramolecular Hbond substituents is 1. The van der Waals surface area contributed by atoms with E-state index in [4.69, 9.17) is 4.74 Å². The summed E-state index contributed by atoms with van der Waals surface area (Å²) in [6, 6.07) is 9.35. The molecule has 0 radical (unpaired) electrons. The van der Waals surface area contributed by atoms with Gasteiger partial charge in [-0.25, -0.2) is 5.43 Å². The third-order valence-corrected chi connectivity index (χ3v) is 5.31. The molecule has 2 heterocycles. The molecule has 0 spiro atoms. The lowest BCUT2D eigenvalue weighted by molar-refractivity contribution is 0.372. The molecule has 0 aliphatic heterocycles. The zero-order chi connectivity index (χ0) is 19.8. The summed E-state index contributed by atoms with van der Waals surface area (Å²) in [6.07, 6.45) is 1.57. The van der Waals surface area contributed by atoms with Crippen LogP contribution in [0.1, 0.15) is 5.56 Å². The smallest absolute Gasteiger partial charge is 0.265 e. The van der Waals surface area contributed by atoms with Gasteiger partial charge in [-0.15, -0.1) is 10.2 Å². The van der Waals surface area contributed by atoms with E-state index in [1.807, 2.05) is 29.8 Å². The Bertz CT molecular complexity index is 1240. The van der Waals surface area contributed by atoms with E-state index in [1.165, 1.54) is 7.11 Å². The number of halogens is 2. The van der Waals surface area contributed by atoms with E-state index in [1.54, 1.807) is 18.3 Å². The molecule has 142 valence electrons. The highest BCUT2D eigenvalue weighted by Gasteiger charge is 2.13. The molecular formula is C18H14Br2N6O2. The van der Waals surface area contributed by atoms with Crippen LogP contribution < -0.4 is 10.2 Å². The summed E-state index contributed by atoms with van der Waals surface area (Å²) in [4.78, 5) is 4.51. The minimum absolute atomic E-state index is 0.0352. The molecule has 4 rings (SSSR count). The Labute approximate surface area is 176 Å². The second kappa shape index (κ2) is 7.36. The van der Waals surface area contributed by atoms with Crippen molar-refractivity contribution in [3.63, 3.8) is 0 Å². The third kappa shape index (κ3) is 3.29. The van der Waals surface area contributed by atoms with Gasteiger partial charge in [-0.3, -0.25) is 0 Å². The molecule has 0 bridgehead atoms. The van der Waals surface area contributed by atoms with Crippen molar-refractivity contribution >= 4 is 66.1 Å². The zero-order valence-corrected chi connectivity index (χ0v) is 18.0. The van der Waals surface area contributed by atoms with Crippen LogP contribution in [0, 0.1) is 0 Å². The minimum atomic E-state index is 0.0352. The van der Waals surface area contributed by atoms with Gasteiger partial charge in [0.05, 0.1) is 23.3 Å². The maximum absolute atomic E-state index is 9.86. The molecule has 0 aliphatic rings. The van der Waals surface area contributed by atoms with Crippen LogP contribution in [-0.2, 0) is 7.05 Å². The van der Waals surface area contributed by atoms with E-state index in [9.17, 15) is 5.11 Å². The summed E-state index contributed by atoms with van der Waals surface area (Å²) >= 11 is 6.76. The van der Waals surface area contributed by atoms with Crippen LogP contribution in [-0.4, -0.2) is 38.2 Å². The van der Waals surface area contributed by atoms with Crippen LogP contribution in [0.2, 0.25) is 0 Å². The minimum Gasteiger partial charge on any atom is -0.503 e. The van der Waals surface area contributed by atoms with Gasteiger partial charge in [0.15, 0.2) is 17.1 Å². The average Bonchev–Trinajstić information content (AvgIpc) is 2.96. The fourth-order valence-electron chi connectivity index (χ4n) is 2.87. The Kier molecular flexibility index (Phi) is 4.90. The highest BCUT2D eigenvalue weighted by atomic mass is 79.9. The highest BCUT2D eigenvalue weighted by Crippen LogP contribution is 2.34. The van der Waals surface area contributed by atoms with E-state index < -0.39 is 0 Å². The first-order valence-corrected chi connectivity index (χ1v) is 9.70. The number of ether oxygens (including phenoxy) is 1. The number of phenols is 1. The number of rotatable bonds is 4. The second-order valence-corrected chi connectivity index (χ2v) is 7.72. The molecule has 8 nitrogen and oxygen atoms in total. The van der Waals surface area contributed by atoms with Crippen molar-refractivity contribution in [1.82, 2.24) is 19.7 Å². The van der Waals surface area contributed by atoms with E-state index >= 15 is 0 Å². The Morgan fingerprint density at radius 2 is 2.04 bits per heavy atom. The summed E-state index contributed by atoms with van der Waals surface area (Å²) < 4.78 is 8.57. The Morgan fingerprint density at radius 3 is 2.82 bits per heavy atom. The maximum atomic E-state index is 9.86. The number of anilines is 1. The van der Waals surface area contributed by atoms with Gasteiger partial charge in [-0.05, 0) is 51.8 Å². The number of fused-ring (bicyclic) bond motifs is 3. The molecule has 2 N–H and O–H groups in total. The molecule has 0 amide bonds. The molecule has 0 atom stereocenters. The SMILES string of the molecule is COc1cc(/C=N/Nc2nnc3c4cc(Br)ccc4n(C)c3n2)cc(Br)c1O.